The van der Waals surface area contributed by atoms with Crippen molar-refractivity contribution in [1.29, 1.82) is 0 Å². The second-order valence-corrected chi connectivity index (χ2v) is 14.3. The summed E-state index contributed by atoms with van der Waals surface area (Å²) in [6, 6.07) is 0. The molecule has 1 heterocycles. The second kappa shape index (κ2) is 7.43. The summed E-state index contributed by atoms with van der Waals surface area (Å²) in [6.07, 6.45) is 10.3. The molecular weight excluding hydrogens is 424 g/mol. The van der Waals surface area contributed by atoms with Crippen molar-refractivity contribution in [2.45, 2.75) is 118 Å². The van der Waals surface area contributed by atoms with Gasteiger partial charge in [0.05, 0.1) is 0 Å². The van der Waals surface area contributed by atoms with E-state index in [4.69, 9.17) is 4.74 Å². The topological polar surface area (TPSA) is 63.6 Å². The number of aliphatic hydroxyl groups is 1. The van der Waals surface area contributed by atoms with Crippen molar-refractivity contribution in [3.05, 3.63) is 11.6 Å². The molecule has 0 aromatic heterocycles. The van der Waals surface area contributed by atoms with Gasteiger partial charge in [0.25, 0.3) is 0 Å². The average molecular weight is 471 g/mol. The van der Waals surface area contributed by atoms with Gasteiger partial charge in [0, 0.05) is 24.2 Å². The molecule has 1 N–H and O–H groups in total. The SMILES string of the molecule is CC(C)=C[C@H]1CC(O)([C@H]2CC[C@]3(C)[C@@H]2CC[C@@H]2[C@@]4(C)CCC(=O)C(C)(C)[C@@H]4CC[C@]23C)C(=O)O1. The lowest BCUT2D eigenvalue weighted by molar-refractivity contribution is -0.207. The summed E-state index contributed by atoms with van der Waals surface area (Å²) in [5.74, 6) is 1.42. The highest BCUT2D eigenvalue weighted by Gasteiger charge is 2.71. The Morgan fingerprint density at radius 1 is 0.882 bits per heavy atom. The van der Waals surface area contributed by atoms with E-state index in [9.17, 15) is 14.7 Å². The number of rotatable bonds is 2. The molecule has 5 aliphatic rings. The zero-order chi connectivity index (χ0) is 24.9. The number of ether oxygens (including phenoxy) is 1. The molecule has 1 aliphatic heterocycles. The van der Waals surface area contributed by atoms with E-state index < -0.39 is 11.6 Å². The van der Waals surface area contributed by atoms with Crippen LogP contribution in [0.1, 0.15) is 106 Å². The smallest absolute Gasteiger partial charge is 0.339 e. The van der Waals surface area contributed by atoms with Crippen LogP contribution in [0.5, 0.6) is 0 Å². The van der Waals surface area contributed by atoms with Crippen molar-refractivity contribution in [2.24, 2.45) is 45.3 Å². The summed E-state index contributed by atoms with van der Waals surface area (Å²) in [4.78, 5) is 25.9. The predicted molar refractivity (Wildman–Crippen MR) is 133 cm³/mol. The lowest BCUT2D eigenvalue weighted by atomic mass is 9.35. The highest BCUT2D eigenvalue weighted by atomic mass is 16.6. The molecule has 1 unspecified atom stereocenters. The first-order valence-corrected chi connectivity index (χ1v) is 13.8. The minimum absolute atomic E-state index is 0.0201. The van der Waals surface area contributed by atoms with Gasteiger partial charge in [-0.05, 0) is 98.9 Å². The Morgan fingerprint density at radius 2 is 1.56 bits per heavy atom. The van der Waals surface area contributed by atoms with E-state index in [1.165, 1.54) is 0 Å². The molecule has 4 aliphatic carbocycles. The molecule has 4 saturated carbocycles. The molecule has 0 spiro atoms. The predicted octanol–water partition coefficient (Wildman–Crippen LogP) is 6.25. The van der Waals surface area contributed by atoms with Crippen molar-refractivity contribution in [2.75, 3.05) is 0 Å². The molecule has 1 saturated heterocycles. The summed E-state index contributed by atoms with van der Waals surface area (Å²) in [6.45, 7) is 15.9. The zero-order valence-corrected chi connectivity index (χ0v) is 22.5. The van der Waals surface area contributed by atoms with Crippen molar-refractivity contribution in [3.8, 4) is 0 Å². The lowest BCUT2D eigenvalue weighted by Gasteiger charge is -2.69. The Kier molecular flexibility index (Phi) is 5.36. The number of carbonyl (C=O) groups is 2. The first-order valence-electron chi connectivity index (χ1n) is 13.8. The van der Waals surface area contributed by atoms with Crippen LogP contribution in [0.3, 0.4) is 0 Å². The maximum Gasteiger partial charge on any atom is 0.339 e. The Bertz CT molecular complexity index is 930. The Balaban J connectivity index is 1.46. The van der Waals surface area contributed by atoms with Crippen molar-refractivity contribution in [3.63, 3.8) is 0 Å². The van der Waals surface area contributed by atoms with Crippen LogP contribution in [0.4, 0.5) is 0 Å². The number of Topliss-reactive ketones (excluding diaryl/α,β-unsaturated/α-hetero) is 1. The minimum atomic E-state index is -1.36. The number of hydrogen-bond donors (Lipinski definition) is 1. The van der Waals surface area contributed by atoms with Gasteiger partial charge in [-0.2, -0.15) is 0 Å². The Hall–Kier alpha value is -1.16. The first kappa shape index (κ1) is 24.5. The van der Waals surface area contributed by atoms with Crippen LogP contribution in [0.25, 0.3) is 0 Å². The van der Waals surface area contributed by atoms with Crippen LogP contribution in [-0.2, 0) is 14.3 Å². The number of carbonyl (C=O) groups excluding carboxylic acids is 2. The third kappa shape index (κ3) is 2.99. The third-order valence-corrected chi connectivity index (χ3v) is 12.4. The van der Waals surface area contributed by atoms with Crippen molar-refractivity contribution < 1.29 is 19.4 Å². The van der Waals surface area contributed by atoms with E-state index in [0.717, 1.165) is 50.5 Å². The highest BCUT2D eigenvalue weighted by Crippen LogP contribution is 2.75. The van der Waals surface area contributed by atoms with E-state index in [1.807, 2.05) is 19.9 Å². The van der Waals surface area contributed by atoms with Crippen molar-refractivity contribution >= 4 is 11.8 Å². The molecule has 4 heteroatoms. The normalized spacial score (nSPS) is 51.8. The van der Waals surface area contributed by atoms with Crippen LogP contribution in [0.2, 0.25) is 0 Å². The van der Waals surface area contributed by atoms with Gasteiger partial charge < -0.3 is 9.84 Å². The molecule has 190 valence electrons. The van der Waals surface area contributed by atoms with Crippen LogP contribution in [-0.4, -0.2) is 28.6 Å². The van der Waals surface area contributed by atoms with Gasteiger partial charge in [0.2, 0.25) is 0 Å². The van der Waals surface area contributed by atoms with Crippen LogP contribution >= 0.6 is 0 Å². The van der Waals surface area contributed by atoms with Crippen LogP contribution < -0.4 is 0 Å². The number of ketones is 1. The summed E-state index contributed by atoms with van der Waals surface area (Å²) in [5, 5.41) is 11.8. The van der Waals surface area contributed by atoms with E-state index in [0.29, 0.717) is 36.4 Å². The Morgan fingerprint density at radius 3 is 2.24 bits per heavy atom. The van der Waals surface area contributed by atoms with E-state index >= 15 is 0 Å². The summed E-state index contributed by atoms with van der Waals surface area (Å²) in [5.41, 5.74) is -0.00991. The summed E-state index contributed by atoms with van der Waals surface area (Å²) >= 11 is 0. The second-order valence-electron chi connectivity index (χ2n) is 14.3. The number of fused-ring (bicyclic) bond motifs is 5. The number of allylic oxidation sites excluding steroid dienone is 1. The summed E-state index contributed by atoms with van der Waals surface area (Å²) in [7, 11) is 0. The molecule has 5 rings (SSSR count). The molecule has 0 radical (unpaired) electrons. The molecule has 0 amide bonds. The molecule has 0 aromatic rings. The molecule has 4 nitrogen and oxygen atoms in total. The van der Waals surface area contributed by atoms with Gasteiger partial charge in [0.15, 0.2) is 5.60 Å². The third-order valence-electron chi connectivity index (χ3n) is 12.4. The van der Waals surface area contributed by atoms with E-state index in [1.54, 1.807) is 0 Å². The van der Waals surface area contributed by atoms with E-state index in [-0.39, 0.29) is 33.7 Å². The van der Waals surface area contributed by atoms with Gasteiger partial charge in [-0.1, -0.05) is 40.2 Å². The van der Waals surface area contributed by atoms with Crippen molar-refractivity contribution in [1.82, 2.24) is 0 Å². The van der Waals surface area contributed by atoms with Gasteiger partial charge in [-0.25, -0.2) is 4.79 Å². The largest absolute Gasteiger partial charge is 0.456 e. The van der Waals surface area contributed by atoms with Gasteiger partial charge in [-0.3, -0.25) is 4.79 Å². The molecule has 5 fully saturated rings. The fraction of sp³-hybridized carbons (Fsp3) is 0.867. The highest BCUT2D eigenvalue weighted by molar-refractivity contribution is 5.85. The fourth-order valence-electron chi connectivity index (χ4n) is 10.6. The molecule has 0 bridgehead atoms. The number of cyclic esters (lactones) is 1. The quantitative estimate of drug-likeness (QED) is 0.382. The average Bonchev–Trinajstić information content (AvgIpc) is 3.22. The van der Waals surface area contributed by atoms with Gasteiger partial charge in [0.1, 0.15) is 11.9 Å². The van der Waals surface area contributed by atoms with Gasteiger partial charge >= 0.3 is 5.97 Å². The molecular formula is C30H46O4. The maximum atomic E-state index is 13.0. The fourth-order valence-corrected chi connectivity index (χ4v) is 10.6. The number of hydrogen-bond acceptors (Lipinski definition) is 4. The summed E-state index contributed by atoms with van der Waals surface area (Å²) < 4.78 is 5.67. The van der Waals surface area contributed by atoms with Crippen LogP contribution in [0.15, 0.2) is 11.6 Å². The first-order chi connectivity index (χ1) is 15.7. The van der Waals surface area contributed by atoms with Crippen LogP contribution in [0, 0.1) is 45.3 Å². The van der Waals surface area contributed by atoms with Gasteiger partial charge in [-0.15, -0.1) is 0 Å². The molecule has 0 aromatic carbocycles. The minimum Gasteiger partial charge on any atom is -0.456 e. The van der Waals surface area contributed by atoms with E-state index in [2.05, 4.69) is 34.6 Å². The maximum absolute atomic E-state index is 13.0. The monoisotopic (exact) mass is 470 g/mol. The zero-order valence-electron chi connectivity index (χ0n) is 22.5. The number of esters is 1. The molecule has 9 atom stereocenters. The molecule has 34 heavy (non-hydrogen) atoms. The standard InChI is InChI=1S/C30H46O4/c1-18(2)16-19-17-30(33,25(32)34-19)21-10-14-28(6)20(21)8-9-23-27(5)13-12-24(31)26(3,4)22(27)11-15-29(23,28)7/h16,19-23,33H,8-15,17H2,1-7H3/t19-,20+,21-,22-,23+,27-,28+,29+,30?/m0/s1. The lowest BCUT2D eigenvalue weighted by Crippen LogP contribution is -2.63. The Labute approximate surface area is 206 Å².